The molecule has 0 aromatic heterocycles. The van der Waals surface area contributed by atoms with Crippen LogP contribution in [0.15, 0.2) is 0 Å². The summed E-state index contributed by atoms with van der Waals surface area (Å²) in [5.41, 5.74) is 0.0628. The Hall–Kier alpha value is -1.26. The SMILES string of the molecule is CC(C)[C@@H]1CC[C@]2(C(=O)O)CC[C@]3(C)C(CCC4[C@@]5(C)CC[C@@H](OC(=O)NC6CCCCC6)C(C)(C)C5CC[C@]43C)C12. The molecule has 6 rings (SSSR count). The fraction of sp³-hybridized carbons (Fsp3) is 0.946. The van der Waals surface area contributed by atoms with Gasteiger partial charge in [-0.1, -0.05) is 67.7 Å². The summed E-state index contributed by atoms with van der Waals surface area (Å²) in [5, 5.41) is 13.9. The molecule has 5 heteroatoms. The fourth-order valence-electron chi connectivity index (χ4n) is 13.5. The number of ether oxygens (including phenoxy) is 1. The number of carboxylic acid groups (broad SMARTS) is 1. The lowest BCUT2D eigenvalue weighted by molar-refractivity contribution is -0.249. The Labute approximate surface area is 256 Å². The van der Waals surface area contributed by atoms with Gasteiger partial charge in [0.25, 0.3) is 0 Å². The minimum absolute atomic E-state index is 0.0356. The number of hydrogen-bond donors (Lipinski definition) is 2. The highest BCUT2D eigenvalue weighted by Crippen LogP contribution is 2.77. The van der Waals surface area contributed by atoms with Gasteiger partial charge in [-0.05, 0) is 129 Å². The molecule has 0 spiro atoms. The molecule has 6 aliphatic carbocycles. The van der Waals surface area contributed by atoms with Crippen LogP contribution in [-0.2, 0) is 9.53 Å². The molecular formula is C37H61NO4. The molecule has 10 atom stereocenters. The molecule has 0 aromatic rings. The molecular weight excluding hydrogens is 522 g/mol. The van der Waals surface area contributed by atoms with Crippen molar-refractivity contribution in [3.63, 3.8) is 0 Å². The minimum atomic E-state index is -0.506. The number of carboxylic acids is 1. The van der Waals surface area contributed by atoms with Crippen LogP contribution in [0.2, 0.25) is 0 Å². The van der Waals surface area contributed by atoms with Crippen molar-refractivity contribution in [3.05, 3.63) is 0 Å². The summed E-state index contributed by atoms with van der Waals surface area (Å²) in [6.45, 7) is 17.3. The maximum atomic E-state index is 13.0. The zero-order valence-corrected chi connectivity index (χ0v) is 27.9. The van der Waals surface area contributed by atoms with Crippen molar-refractivity contribution in [2.45, 2.75) is 157 Å². The van der Waals surface area contributed by atoms with Crippen LogP contribution in [0.25, 0.3) is 0 Å². The number of alkyl carbamates (subject to hydrolysis) is 1. The number of amides is 1. The first-order chi connectivity index (χ1) is 19.7. The van der Waals surface area contributed by atoms with Crippen molar-refractivity contribution in [2.24, 2.45) is 62.6 Å². The van der Waals surface area contributed by atoms with Crippen molar-refractivity contribution in [1.29, 1.82) is 0 Å². The average molecular weight is 584 g/mol. The summed E-state index contributed by atoms with van der Waals surface area (Å²) in [6.07, 6.45) is 16.4. The molecule has 4 unspecified atom stereocenters. The largest absolute Gasteiger partial charge is 0.481 e. The van der Waals surface area contributed by atoms with Crippen LogP contribution >= 0.6 is 0 Å². The first-order valence-electron chi connectivity index (χ1n) is 17.9. The number of carbonyl (C=O) groups excluding carboxylic acids is 1. The Morgan fingerprint density at radius 3 is 2.14 bits per heavy atom. The van der Waals surface area contributed by atoms with Crippen LogP contribution in [0, 0.1) is 62.6 Å². The maximum Gasteiger partial charge on any atom is 0.407 e. The van der Waals surface area contributed by atoms with Crippen LogP contribution in [0.3, 0.4) is 0 Å². The van der Waals surface area contributed by atoms with E-state index in [4.69, 9.17) is 4.74 Å². The zero-order chi connectivity index (χ0) is 30.3. The monoisotopic (exact) mass is 583 g/mol. The van der Waals surface area contributed by atoms with Crippen molar-refractivity contribution in [2.75, 3.05) is 0 Å². The Kier molecular flexibility index (Phi) is 7.61. The first kappa shape index (κ1) is 30.8. The second kappa shape index (κ2) is 10.4. The summed E-state index contributed by atoms with van der Waals surface area (Å²) in [4.78, 5) is 26.0. The lowest BCUT2D eigenvalue weighted by atomic mass is 9.32. The maximum absolute atomic E-state index is 13.0. The summed E-state index contributed by atoms with van der Waals surface area (Å²) in [6, 6.07) is 0.278. The van der Waals surface area contributed by atoms with Gasteiger partial charge in [-0.3, -0.25) is 4.79 Å². The van der Waals surface area contributed by atoms with Gasteiger partial charge in [0, 0.05) is 11.5 Å². The number of rotatable bonds is 4. The van der Waals surface area contributed by atoms with E-state index < -0.39 is 11.4 Å². The van der Waals surface area contributed by atoms with Gasteiger partial charge in [0.15, 0.2) is 0 Å². The molecule has 0 aromatic carbocycles. The third-order valence-corrected chi connectivity index (χ3v) is 15.9. The predicted molar refractivity (Wildman–Crippen MR) is 167 cm³/mol. The standard InChI is InChI=1S/C37H61NO4/c1-23(2)25-15-20-37(31(39)40)22-21-35(6)26(30(25)37)13-14-28-34(5)18-17-29(33(3,4)27(34)16-19-36(28,35)7)42-32(41)38-24-11-9-8-10-12-24/h23-30H,8-22H2,1-7H3,(H,38,41)(H,39,40)/t25-,26?,27?,28?,29+,30?,34-,35+,36+,37-/m0/s1. The predicted octanol–water partition coefficient (Wildman–Crippen LogP) is 9.24. The fourth-order valence-corrected chi connectivity index (χ4v) is 13.5. The first-order valence-corrected chi connectivity index (χ1v) is 17.9. The molecule has 5 nitrogen and oxygen atoms in total. The Bertz CT molecular complexity index is 1060. The minimum Gasteiger partial charge on any atom is -0.481 e. The summed E-state index contributed by atoms with van der Waals surface area (Å²) in [7, 11) is 0. The molecule has 238 valence electrons. The lowest BCUT2D eigenvalue weighted by Crippen LogP contribution is -2.67. The van der Waals surface area contributed by atoms with E-state index in [0.29, 0.717) is 35.5 Å². The van der Waals surface area contributed by atoms with E-state index >= 15 is 0 Å². The van der Waals surface area contributed by atoms with Gasteiger partial charge in [-0.15, -0.1) is 0 Å². The molecule has 6 fully saturated rings. The smallest absolute Gasteiger partial charge is 0.407 e. The highest BCUT2D eigenvalue weighted by molar-refractivity contribution is 5.76. The number of nitrogens with one attached hydrogen (secondary N) is 1. The molecule has 0 heterocycles. The molecule has 1 amide bonds. The van der Waals surface area contributed by atoms with Crippen LogP contribution in [0.1, 0.15) is 145 Å². The van der Waals surface area contributed by atoms with E-state index in [0.717, 1.165) is 51.4 Å². The summed E-state index contributed by atoms with van der Waals surface area (Å²) >= 11 is 0. The van der Waals surface area contributed by atoms with Gasteiger partial charge >= 0.3 is 12.1 Å². The van der Waals surface area contributed by atoms with Gasteiger partial charge in [-0.2, -0.15) is 0 Å². The number of fused-ring (bicyclic) bond motifs is 7. The lowest BCUT2D eigenvalue weighted by Gasteiger charge is -2.72. The number of hydrogen-bond acceptors (Lipinski definition) is 3. The van der Waals surface area contributed by atoms with Crippen LogP contribution in [0.4, 0.5) is 4.79 Å². The van der Waals surface area contributed by atoms with Crippen molar-refractivity contribution >= 4 is 12.1 Å². The molecule has 2 N–H and O–H groups in total. The Balaban J connectivity index is 1.24. The highest BCUT2D eigenvalue weighted by Gasteiger charge is 2.72. The number of carbonyl (C=O) groups is 2. The highest BCUT2D eigenvalue weighted by atomic mass is 16.6. The van der Waals surface area contributed by atoms with E-state index in [9.17, 15) is 14.7 Å². The van der Waals surface area contributed by atoms with Gasteiger partial charge < -0.3 is 15.2 Å². The Morgan fingerprint density at radius 1 is 0.762 bits per heavy atom. The molecule has 0 aliphatic heterocycles. The molecule has 0 saturated heterocycles. The zero-order valence-electron chi connectivity index (χ0n) is 27.9. The van der Waals surface area contributed by atoms with Crippen molar-refractivity contribution in [3.8, 4) is 0 Å². The third kappa shape index (κ3) is 4.27. The van der Waals surface area contributed by atoms with Crippen LogP contribution < -0.4 is 5.32 Å². The van der Waals surface area contributed by atoms with Gasteiger partial charge in [-0.25, -0.2) is 4.79 Å². The van der Waals surface area contributed by atoms with Gasteiger partial charge in [0.2, 0.25) is 0 Å². The van der Waals surface area contributed by atoms with Gasteiger partial charge in [0.1, 0.15) is 6.10 Å². The number of aliphatic carboxylic acids is 1. The van der Waals surface area contributed by atoms with Crippen molar-refractivity contribution < 1.29 is 19.4 Å². The molecule has 0 bridgehead atoms. The summed E-state index contributed by atoms with van der Waals surface area (Å²) < 4.78 is 6.28. The van der Waals surface area contributed by atoms with E-state index in [1.54, 1.807) is 0 Å². The van der Waals surface area contributed by atoms with E-state index in [1.807, 2.05) is 0 Å². The molecule has 0 radical (unpaired) electrons. The normalized spacial score (nSPS) is 48.4. The van der Waals surface area contributed by atoms with E-state index in [2.05, 4.69) is 53.8 Å². The van der Waals surface area contributed by atoms with Gasteiger partial charge in [0.05, 0.1) is 5.41 Å². The molecule has 6 aliphatic rings. The van der Waals surface area contributed by atoms with Crippen LogP contribution in [-0.4, -0.2) is 29.3 Å². The van der Waals surface area contributed by atoms with E-state index in [1.165, 1.54) is 44.9 Å². The van der Waals surface area contributed by atoms with E-state index in [-0.39, 0.29) is 39.9 Å². The van der Waals surface area contributed by atoms with Crippen molar-refractivity contribution in [1.82, 2.24) is 5.32 Å². The second-order valence-corrected chi connectivity index (χ2v) is 17.8. The quantitative estimate of drug-likeness (QED) is 0.346. The Morgan fingerprint density at radius 2 is 1.48 bits per heavy atom. The molecule has 42 heavy (non-hydrogen) atoms. The average Bonchev–Trinajstić information content (AvgIpc) is 3.33. The third-order valence-electron chi connectivity index (χ3n) is 15.9. The topological polar surface area (TPSA) is 75.6 Å². The summed E-state index contributed by atoms with van der Waals surface area (Å²) in [5.74, 6) is 2.56. The van der Waals surface area contributed by atoms with Crippen LogP contribution in [0.5, 0.6) is 0 Å². The second-order valence-electron chi connectivity index (χ2n) is 17.8. The molecule has 6 saturated carbocycles.